The van der Waals surface area contributed by atoms with Gasteiger partial charge < -0.3 is 4.98 Å². The normalized spacial score (nSPS) is 22.2. The topological polar surface area (TPSA) is 53.2 Å². The summed E-state index contributed by atoms with van der Waals surface area (Å²) >= 11 is 0. The van der Waals surface area contributed by atoms with Crippen LogP contribution in [0, 0.1) is 0 Å². The maximum Gasteiger partial charge on any atom is 0.244 e. The molecule has 0 fully saturated rings. The monoisotopic (exact) mass is 200 g/mol. The highest BCUT2D eigenvalue weighted by Crippen LogP contribution is 2.22. The van der Waals surface area contributed by atoms with Crippen molar-refractivity contribution in [1.82, 2.24) is 9.29 Å². The van der Waals surface area contributed by atoms with Crippen LogP contribution in [0.3, 0.4) is 0 Å². The van der Waals surface area contributed by atoms with Crippen molar-refractivity contribution in [2.45, 2.75) is 17.7 Å². The van der Waals surface area contributed by atoms with Gasteiger partial charge in [0.1, 0.15) is 4.90 Å². The molecular weight excluding hydrogens is 188 g/mol. The Morgan fingerprint density at radius 1 is 1.54 bits per heavy atom. The molecule has 1 N–H and O–H groups in total. The van der Waals surface area contributed by atoms with E-state index < -0.39 is 10.0 Å². The van der Waals surface area contributed by atoms with Crippen LogP contribution in [0.4, 0.5) is 0 Å². The fourth-order valence-corrected chi connectivity index (χ4v) is 3.01. The van der Waals surface area contributed by atoms with Crippen LogP contribution in [0.25, 0.3) is 0 Å². The minimum absolute atomic E-state index is 0.438. The lowest BCUT2D eigenvalue weighted by molar-refractivity contribution is 0.470. The Morgan fingerprint density at radius 3 is 3.08 bits per heavy atom. The molecule has 1 aliphatic heterocycles. The minimum Gasteiger partial charge on any atom is -0.364 e. The molecule has 0 saturated heterocycles. The first kappa shape index (κ1) is 8.77. The second kappa shape index (κ2) is 2.85. The molecule has 2 rings (SSSR count). The molecule has 0 aromatic carbocycles. The van der Waals surface area contributed by atoms with Gasteiger partial charge in [-0.1, -0.05) is 0 Å². The molecule has 1 aliphatic rings. The predicted octanol–water partition coefficient (Wildman–Crippen LogP) is 0.581. The van der Waals surface area contributed by atoms with Gasteiger partial charge in [0, 0.05) is 25.5 Å². The van der Waals surface area contributed by atoms with Crippen molar-refractivity contribution in [1.29, 1.82) is 0 Å². The molecule has 5 heteroatoms. The highest BCUT2D eigenvalue weighted by molar-refractivity contribution is 7.89. The van der Waals surface area contributed by atoms with Crippen LogP contribution in [0.1, 0.15) is 12.1 Å². The number of aromatic amines is 1. The van der Waals surface area contributed by atoms with Crippen LogP contribution >= 0.6 is 0 Å². The molecule has 4 nitrogen and oxygen atoms in total. The third-order valence-corrected chi connectivity index (χ3v) is 4.32. The van der Waals surface area contributed by atoms with Crippen molar-refractivity contribution in [2.75, 3.05) is 13.6 Å². The fraction of sp³-hybridized carbons (Fsp3) is 0.500. The van der Waals surface area contributed by atoms with Crippen LogP contribution in [0.2, 0.25) is 0 Å². The summed E-state index contributed by atoms with van der Waals surface area (Å²) in [7, 11) is -1.59. The first-order valence-electron chi connectivity index (χ1n) is 4.25. The predicted molar refractivity (Wildman–Crippen MR) is 48.9 cm³/mol. The molecule has 0 radical (unpaired) electrons. The van der Waals surface area contributed by atoms with Gasteiger partial charge in [-0.2, -0.15) is 0 Å². The number of nitrogens with one attached hydrogen (secondary N) is 1. The highest BCUT2D eigenvalue weighted by atomic mass is 32.2. The number of H-pyrrole nitrogens is 1. The Bertz CT molecular complexity index is 408. The van der Waals surface area contributed by atoms with Crippen molar-refractivity contribution in [3.05, 3.63) is 18.0 Å². The molecule has 13 heavy (non-hydrogen) atoms. The molecule has 0 atom stereocenters. The number of sulfonamides is 1. The quantitative estimate of drug-likeness (QED) is 0.666. The Kier molecular flexibility index (Phi) is 1.92. The number of rotatable bonds is 0. The van der Waals surface area contributed by atoms with Gasteiger partial charge in [-0.15, -0.1) is 0 Å². The molecule has 1 aromatic heterocycles. The van der Waals surface area contributed by atoms with E-state index in [0.717, 1.165) is 18.5 Å². The van der Waals surface area contributed by atoms with Gasteiger partial charge in [-0.25, -0.2) is 12.7 Å². The van der Waals surface area contributed by atoms with Crippen molar-refractivity contribution in [3.8, 4) is 0 Å². The van der Waals surface area contributed by atoms with Crippen molar-refractivity contribution >= 4 is 10.0 Å². The van der Waals surface area contributed by atoms with Crippen LogP contribution < -0.4 is 0 Å². The molecule has 0 aliphatic carbocycles. The zero-order valence-electron chi connectivity index (χ0n) is 7.45. The van der Waals surface area contributed by atoms with E-state index in [2.05, 4.69) is 4.98 Å². The molecule has 0 spiro atoms. The SMILES string of the molecule is CN1CCCc2[nH]ccc2S1(=O)=O. The Morgan fingerprint density at radius 2 is 2.31 bits per heavy atom. The average molecular weight is 200 g/mol. The van der Waals surface area contributed by atoms with E-state index in [1.807, 2.05) is 0 Å². The zero-order chi connectivity index (χ0) is 9.47. The van der Waals surface area contributed by atoms with E-state index in [4.69, 9.17) is 0 Å². The van der Waals surface area contributed by atoms with Gasteiger partial charge >= 0.3 is 0 Å². The molecule has 0 saturated carbocycles. The van der Waals surface area contributed by atoms with Gasteiger partial charge in [0.2, 0.25) is 10.0 Å². The van der Waals surface area contributed by atoms with Crippen LogP contribution in [0.15, 0.2) is 17.2 Å². The lowest BCUT2D eigenvalue weighted by atomic mass is 10.2. The second-order valence-corrected chi connectivity index (χ2v) is 5.26. The first-order chi connectivity index (χ1) is 6.12. The maximum atomic E-state index is 11.8. The molecule has 1 aromatic rings. The lowest BCUT2D eigenvalue weighted by Gasteiger charge is -2.12. The summed E-state index contributed by atoms with van der Waals surface area (Å²) in [6.07, 6.45) is 3.37. The number of aryl methyl sites for hydroxylation is 1. The maximum absolute atomic E-state index is 11.8. The summed E-state index contributed by atoms with van der Waals surface area (Å²) in [6, 6.07) is 1.63. The Balaban J connectivity index is 2.60. The third kappa shape index (κ3) is 1.28. The number of hydrogen-bond donors (Lipinski definition) is 1. The zero-order valence-corrected chi connectivity index (χ0v) is 8.26. The molecule has 0 amide bonds. The largest absolute Gasteiger partial charge is 0.364 e. The fourth-order valence-electron chi connectivity index (χ4n) is 1.59. The second-order valence-electron chi connectivity index (χ2n) is 3.25. The minimum atomic E-state index is -3.21. The van der Waals surface area contributed by atoms with E-state index in [0.29, 0.717) is 11.4 Å². The van der Waals surface area contributed by atoms with Gasteiger partial charge in [-0.3, -0.25) is 0 Å². The summed E-state index contributed by atoms with van der Waals surface area (Å²) < 4.78 is 25.0. The van der Waals surface area contributed by atoms with Gasteiger partial charge in [0.05, 0.1) is 0 Å². The van der Waals surface area contributed by atoms with E-state index in [-0.39, 0.29) is 0 Å². The summed E-state index contributed by atoms with van der Waals surface area (Å²) in [5, 5.41) is 0. The average Bonchev–Trinajstić information content (AvgIpc) is 2.49. The lowest BCUT2D eigenvalue weighted by Crippen LogP contribution is -2.26. The highest BCUT2D eigenvalue weighted by Gasteiger charge is 2.26. The first-order valence-corrected chi connectivity index (χ1v) is 5.69. The van der Waals surface area contributed by atoms with E-state index in [9.17, 15) is 8.42 Å². The van der Waals surface area contributed by atoms with E-state index in [1.165, 1.54) is 4.31 Å². The Labute approximate surface area is 77.6 Å². The standard InChI is InChI=1S/C8H12N2O2S/c1-10-6-2-3-7-8(4-5-9-7)13(10,11)12/h4-5,9H,2-3,6H2,1H3. The molecule has 2 heterocycles. The summed E-state index contributed by atoms with van der Waals surface area (Å²) in [5.41, 5.74) is 0.837. The summed E-state index contributed by atoms with van der Waals surface area (Å²) in [5.74, 6) is 0. The van der Waals surface area contributed by atoms with E-state index in [1.54, 1.807) is 19.3 Å². The van der Waals surface area contributed by atoms with Crippen molar-refractivity contribution in [2.24, 2.45) is 0 Å². The number of nitrogens with zero attached hydrogens (tertiary/aromatic N) is 1. The van der Waals surface area contributed by atoms with Crippen LogP contribution in [0.5, 0.6) is 0 Å². The van der Waals surface area contributed by atoms with Gasteiger partial charge in [0.25, 0.3) is 0 Å². The third-order valence-electron chi connectivity index (χ3n) is 2.38. The Hall–Kier alpha value is -0.810. The number of fused-ring (bicyclic) bond motifs is 1. The van der Waals surface area contributed by atoms with Gasteiger partial charge in [-0.05, 0) is 18.9 Å². The van der Waals surface area contributed by atoms with Crippen molar-refractivity contribution < 1.29 is 8.42 Å². The molecule has 0 bridgehead atoms. The van der Waals surface area contributed by atoms with Crippen LogP contribution in [-0.2, 0) is 16.4 Å². The smallest absolute Gasteiger partial charge is 0.244 e. The summed E-state index contributed by atoms with van der Waals surface area (Å²) in [6.45, 7) is 0.602. The summed E-state index contributed by atoms with van der Waals surface area (Å²) in [4.78, 5) is 3.41. The number of aromatic nitrogens is 1. The molecular formula is C8H12N2O2S. The molecule has 72 valence electrons. The number of hydrogen-bond acceptors (Lipinski definition) is 2. The van der Waals surface area contributed by atoms with Crippen LogP contribution in [-0.4, -0.2) is 31.3 Å². The van der Waals surface area contributed by atoms with E-state index >= 15 is 0 Å². The van der Waals surface area contributed by atoms with Gasteiger partial charge in [0.15, 0.2) is 0 Å². The molecule has 0 unspecified atom stereocenters. The van der Waals surface area contributed by atoms with Crippen molar-refractivity contribution in [3.63, 3.8) is 0 Å².